The van der Waals surface area contributed by atoms with E-state index >= 15 is 0 Å². The van der Waals surface area contributed by atoms with Gasteiger partial charge in [-0.1, -0.05) is 30.3 Å². The van der Waals surface area contributed by atoms with E-state index < -0.39 is 11.6 Å². The van der Waals surface area contributed by atoms with Crippen LogP contribution in [-0.4, -0.2) is 75.9 Å². The zero-order valence-corrected chi connectivity index (χ0v) is 26.6. The van der Waals surface area contributed by atoms with Crippen molar-refractivity contribution in [3.05, 3.63) is 72.2 Å². The molecular formula is C35H43F2N7O3. The number of benzene rings is 1. The summed E-state index contributed by atoms with van der Waals surface area (Å²) in [7, 11) is 0. The number of carbonyl (C=O) groups excluding carboxylic acids is 1. The van der Waals surface area contributed by atoms with Crippen LogP contribution in [0.5, 0.6) is 0 Å². The SMILES string of the molecule is O=C(N[C@H]1CCC[C@@H](Nc2nc(-c3c[nH]c4ncc(F)cc34)ncc2F)C1)N1CCCC(CCCOCCOCc2ccccc2)C1. The number of amides is 2. The van der Waals surface area contributed by atoms with Gasteiger partial charge in [-0.15, -0.1) is 0 Å². The Morgan fingerprint density at radius 1 is 1.00 bits per heavy atom. The first-order valence-electron chi connectivity index (χ1n) is 16.7. The molecule has 0 radical (unpaired) electrons. The molecule has 6 rings (SSSR count). The molecule has 4 aromatic rings. The Bertz CT molecular complexity index is 1600. The van der Waals surface area contributed by atoms with Crippen LogP contribution < -0.4 is 10.6 Å². The van der Waals surface area contributed by atoms with Gasteiger partial charge in [0.15, 0.2) is 17.5 Å². The monoisotopic (exact) mass is 647 g/mol. The van der Waals surface area contributed by atoms with Gasteiger partial charge in [-0.25, -0.2) is 28.5 Å². The van der Waals surface area contributed by atoms with Crippen LogP contribution in [0.15, 0.2) is 55.0 Å². The van der Waals surface area contributed by atoms with Gasteiger partial charge < -0.3 is 30.0 Å². The number of H-pyrrole nitrogens is 1. The fraction of sp³-hybridized carbons (Fsp3) is 0.486. The predicted molar refractivity (Wildman–Crippen MR) is 176 cm³/mol. The normalized spacial score (nSPS) is 20.0. The van der Waals surface area contributed by atoms with Crippen molar-refractivity contribution in [1.82, 2.24) is 30.2 Å². The zero-order valence-electron chi connectivity index (χ0n) is 26.6. The number of rotatable bonds is 13. The molecule has 250 valence electrons. The van der Waals surface area contributed by atoms with Crippen molar-refractivity contribution in [2.45, 2.75) is 70.1 Å². The number of hydrogen-bond acceptors (Lipinski definition) is 7. The molecule has 2 aliphatic rings. The average Bonchev–Trinajstić information content (AvgIpc) is 3.51. The third-order valence-corrected chi connectivity index (χ3v) is 9.02. The highest BCUT2D eigenvalue weighted by molar-refractivity contribution is 5.91. The van der Waals surface area contributed by atoms with E-state index in [4.69, 9.17) is 9.47 Å². The largest absolute Gasteiger partial charge is 0.379 e. The van der Waals surface area contributed by atoms with Gasteiger partial charge in [-0.3, -0.25) is 0 Å². The number of hydrogen-bond donors (Lipinski definition) is 3. The summed E-state index contributed by atoms with van der Waals surface area (Å²) in [6.07, 6.45) is 11.3. The maximum Gasteiger partial charge on any atom is 0.317 e. The van der Waals surface area contributed by atoms with Gasteiger partial charge in [0.25, 0.3) is 0 Å². The van der Waals surface area contributed by atoms with E-state index in [1.165, 1.54) is 6.07 Å². The summed E-state index contributed by atoms with van der Waals surface area (Å²) in [6.45, 7) is 3.95. The van der Waals surface area contributed by atoms with Crippen LogP contribution in [0.25, 0.3) is 22.4 Å². The van der Waals surface area contributed by atoms with Crippen molar-refractivity contribution in [1.29, 1.82) is 0 Å². The fourth-order valence-electron chi connectivity index (χ4n) is 6.62. The molecule has 2 amide bonds. The van der Waals surface area contributed by atoms with Crippen LogP contribution in [-0.2, 0) is 16.1 Å². The minimum atomic E-state index is -0.565. The minimum Gasteiger partial charge on any atom is -0.379 e. The Morgan fingerprint density at radius 2 is 1.85 bits per heavy atom. The Labute approximate surface area is 273 Å². The van der Waals surface area contributed by atoms with E-state index in [1.54, 1.807) is 6.20 Å². The van der Waals surface area contributed by atoms with Crippen molar-refractivity contribution >= 4 is 22.9 Å². The smallest absolute Gasteiger partial charge is 0.317 e. The van der Waals surface area contributed by atoms with Crippen molar-refractivity contribution in [2.75, 3.05) is 38.2 Å². The van der Waals surface area contributed by atoms with Crippen molar-refractivity contribution in [3.8, 4) is 11.4 Å². The van der Waals surface area contributed by atoms with Gasteiger partial charge in [-0.2, -0.15) is 0 Å². The van der Waals surface area contributed by atoms with Gasteiger partial charge in [0, 0.05) is 48.9 Å². The van der Waals surface area contributed by atoms with Crippen LogP contribution in [0, 0.1) is 17.6 Å². The molecule has 1 unspecified atom stereocenters. The summed E-state index contributed by atoms with van der Waals surface area (Å²) < 4.78 is 40.1. The Hall–Kier alpha value is -4.16. The van der Waals surface area contributed by atoms with Crippen LogP contribution in [0.3, 0.4) is 0 Å². The second kappa shape index (κ2) is 16.1. The lowest BCUT2D eigenvalue weighted by atomic mass is 9.90. The molecule has 4 heterocycles. The Morgan fingerprint density at radius 3 is 2.74 bits per heavy atom. The molecule has 47 heavy (non-hydrogen) atoms. The third-order valence-electron chi connectivity index (χ3n) is 9.02. The first-order valence-corrected chi connectivity index (χ1v) is 16.7. The summed E-state index contributed by atoms with van der Waals surface area (Å²) in [5.41, 5.74) is 2.20. The highest BCUT2D eigenvalue weighted by Gasteiger charge is 2.28. The van der Waals surface area contributed by atoms with E-state index in [2.05, 4.69) is 30.6 Å². The maximum absolute atomic E-state index is 14.8. The zero-order chi connectivity index (χ0) is 32.4. The number of aromatic amines is 1. The van der Waals surface area contributed by atoms with E-state index in [-0.39, 0.29) is 29.8 Å². The van der Waals surface area contributed by atoms with E-state index in [0.29, 0.717) is 55.4 Å². The number of nitrogens with zero attached hydrogens (tertiary/aromatic N) is 4. The molecule has 12 heteroatoms. The average molecular weight is 648 g/mol. The van der Waals surface area contributed by atoms with Crippen molar-refractivity contribution < 1.29 is 23.0 Å². The molecular weight excluding hydrogens is 604 g/mol. The Kier molecular flexibility index (Phi) is 11.2. The second-order valence-electron chi connectivity index (χ2n) is 12.5. The molecule has 0 bridgehead atoms. The number of carbonyl (C=O) groups is 1. The molecule has 2 fully saturated rings. The number of anilines is 1. The number of ether oxygens (including phenoxy) is 2. The molecule has 1 aromatic carbocycles. The molecule has 10 nitrogen and oxygen atoms in total. The topological polar surface area (TPSA) is 117 Å². The van der Waals surface area contributed by atoms with Crippen LogP contribution >= 0.6 is 0 Å². The van der Waals surface area contributed by atoms with Gasteiger partial charge in [0.05, 0.1) is 32.2 Å². The maximum atomic E-state index is 14.8. The first kappa shape index (κ1) is 32.8. The summed E-state index contributed by atoms with van der Waals surface area (Å²) in [6, 6.07) is 11.4. The molecule has 1 saturated heterocycles. The first-order chi connectivity index (χ1) is 23.0. The standard InChI is InChI=1S/C35H43F2N7O3/c36-26-17-29-30(20-39-32(29)38-19-26)33-40-21-31(37)34(43-33)41-27-11-4-12-28(18-27)42-35(45)44-13-5-9-24(22-44)10-6-14-46-15-16-47-23-25-7-2-1-3-8-25/h1-3,7-8,17,19-21,24,27-28H,4-6,9-16,18,22-23H2,(H,38,39)(H,42,45)(H,40,41,43)/t24?,27-,28+/m1/s1. The number of urea groups is 1. The number of piperidine rings is 1. The van der Waals surface area contributed by atoms with Crippen LogP contribution in [0.1, 0.15) is 56.9 Å². The van der Waals surface area contributed by atoms with E-state index in [1.807, 2.05) is 35.2 Å². The Balaban J connectivity index is 0.926. The minimum absolute atomic E-state index is 0.0151. The predicted octanol–water partition coefficient (Wildman–Crippen LogP) is 6.46. The number of likely N-dealkylation sites (tertiary alicyclic amines) is 1. The lowest BCUT2D eigenvalue weighted by Crippen LogP contribution is -2.50. The second-order valence-corrected chi connectivity index (χ2v) is 12.5. The summed E-state index contributed by atoms with van der Waals surface area (Å²) in [5.74, 6) is -0.214. The number of aromatic nitrogens is 4. The number of fused-ring (bicyclic) bond motifs is 1. The van der Waals surface area contributed by atoms with Gasteiger partial charge in [0.2, 0.25) is 0 Å². The molecule has 1 saturated carbocycles. The number of nitrogens with one attached hydrogen (secondary N) is 3. The van der Waals surface area contributed by atoms with Crippen molar-refractivity contribution in [2.24, 2.45) is 5.92 Å². The van der Waals surface area contributed by atoms with Crippen LogP contribution in [0.2, 0.25) is 0 Å². The van der Waals surface area contributed by atoms with Crippen LogP contribution in [0.4, 0.5) is 19.4 Å². The van der Waals surface area contributed by atoms with Gasteiger partial charge in [-0.05, 0) is 68.9 Å². The fourth-order valence-corrected chi connectivity index (χ4v) is 6.62. The van der Waals surface area contributed by atoms with Crippen molar-refractivity contribution in [3.63, 3.8) is 0 Å². The number of pyridine rings is 1. The summed E-state index contributed by atoms with van der Waals surface area (Å²) >= 11 is 0. The molecule has 1 aliphatic heterocycles. The van der Waals surface area contributed by atoms with E-state index in [0.717, 1.165) is 76.0 Å². The molecule has 3 aromatic heterocycles. The third kappa shape index (κ3) is 9.01. The summed E-state index contributed by atoms with van der Waals surface area (Å²) in [4.78, 5) is 30.8. The quantitative estimate of drug-likeness (QED) is 0.143. The van der Waals surface area contributed by atoms with Gasteiger partial charge in [0.1, 0.15) is 11.5 Å². The summed E-state index contributed by atoms with van der Waals surface area (Å²) in [5, 5.41) is 7.01. The number of halogens is 2. The van der Waals surface area contributed by atoms with Gasteiger partial charge >= 0.3 is 6.03 Å². The highest BCUT2D eigenvalue weighted by atomic mass is 19.1. The molecule has 0 spiro atoms. The highest BCUT2D eigenvalue weighted by Crippen LogP contribution is 2.29. The molecule has 3 N–H and O–H groups in total. The molecule has 1 aliphatic carbocycles. The van der Waals surface area contributed by atoms with E-state index in [9.17, 15) is 13.6 Å². The molecule has 3 atom stereocenters. The lowest BCUT2D eigenvalue weighted by molar-refractivity contribution is 0.0375. The lowest BCUT2D eigenvalue weighted by Gasteiger charge is -2.36.